The number of nitrogens with zero attached hydrogens (tertiary/aromatic N) is 2. The normalized spacial score (nSPS) is 15.2. The van der Waals surface area contributed by atoms with Crippen molar-refractivity contribution >= 4 is 5.91 Å². The zero-order chi connectivity index (χ0) is 16.9. The molecule has 0 bridgehead atoms. The monoisotopic (exact) mass is 329 g/mol. The maximum absolute atomic E-state index is 12.2. The number of benzene rings is 1. The highest BCUT2D eigenvalue weighted by molar-refractivity contribution is 5.92. The van der Waals surface area contributed by atoms with Gasteiger partial charge in [-0.15, -0.1) is 0 Å². The molecule has 1 saturated carbocycles. The molecule has 3 rings (SSSR count). The Labute approximate surface area is 141 Å². The van der Waals surface area contributed by atoms with Crippen LogP contribution in [0.3, 0.4) is 0 Å². The summed E-state index contributed by atoms with van der Waals surface area (Å²) in [5, 5.41) is 16.9. The van der Waals surface area contributed by atoms with Crippen LogP contribution in [0, 0.1) is 12.8 Å². The number of amides is 1. The van der Waals surface area contributed by atoms with Gasteiger partial charge in [-0.2, -0.15) is 5.10 Å². The van der Waals surface area contributed by atoms with Crippen molar-refractivity contribution < 1.29 is 14.6 Å². The van der Waals surface area contributed by atoms with Crippen molar-refractivity contribution in [2.75, 3.05) is 19.8 Å². The van der Waals surface area contributed by atoms with Gasteiger partial charge in [0.1, 0.15) is 0 Å². The first-order chi connectivity index (χ1) is 11.6. The van der Waals surface area contributed by atoms with Crippen LogP contribution in [-0.2, 0) is 4.74 Å². The second kappa shape index (κ2) is 7.59. The standard InChI is InChI=1S/C18H23N3O3/c1-13-9-17(20-21(13)15-5-3-2-4-6-15)18(23)19-10-16(22)12-24-11-14-7-8-14/h2-6,9,14,16,22H,7-8,10-12H2,1H3,(H,19,23). The summed E-state index contributed by atoms with van der Waals surface area (Å²) < 4.78 is 7.14. The van der Waals surface area contributed by atoms with Crippen LogP contribution in [0.4, 0.5) is 0 Å². The number of rotatable bonds is 8. The van der Waals surface area contributed by atoms with E-state index in [-0.39, 0.29) is 19.1 Å². The molecular weight excluding hydrogens is 306 g/mol. The van der Waals surface area contributed by atoms with Crippen LogP contribution in [0.15, 0.2) is 36.4 Å². The van der Waals surface area contributed by atoms with Gasteiger partial charge in [0, 0.05) is 18.8 Å². The highest BCUT2D eigenvalue weighted by Crippen LogP contribution is 2.28. The number of para-hydroxylation sites is 1. The van der Waals surface area contributed by atoms with Crippen molar-refractivity contribution in [2.45, 2.75) is 25.9 Å². The number of nitrogens with one attached hydrogen (secondary N) is 1. The van der Waals surface area contributed by atoms with Crippen molar-refractivity contribution in [2.24, 2.45) is 5.92 Å². The topological polar surface area (TPSA) is 76.4 Å². The number of hydrogen-bond acceptors (Lipinski definition) is 4. The average molecular weight is 329 g/mol. The number of aromatic nitrogens is 2. The molecule has 2 N–H and O–H groups in total. The van der Waals surface area contributed by atoms with Gasteiger partial charge >= 0.3 is 0 Å². The van der Waals surface area contributed by atoms with Crippen LogP contribution in [0.2, 0.25) is 0 Å². The molecule has 0 radical (unpaired) electrons. The first-order valence-corrected chi connectivity index (χ1v) is 8.29. The van der Waals surface area contributed by atoms with E-state index in [2.05, 4.69) is 10.4 Å². The van der Waals surface area contributed by atoms with Crippen LogP contribution in [0.5, 0.6) is 0 Å². The molecule has 128 valence electrons. The lowest BCUT2D eigenvalue weighted by atomic mass is 10.3. The van der Waals surface area contributed by atoms with E-state index in [1.54, 1.807) is 10.7 Å². The maximum Gasteiger partial charge on any atom is 0.271 e. The molecule has 1 fully saturated rings. The van der Waals surface area contributed by atoms with Gasteiger partial charge in [-0.25, -0.2) is 4.68 Å². The molecular formula is C18H23N3O3. The van der Waals surface area contributed by atoms with Crippen molar-refractivity contribution in [1.29, 1.82) is 0 Å². The Balaban J connectivity index is 1.51. The van der Waals surface area contributed by atoms with Crippen LogP contribution < -0.4 is 5.32 Å². The fraction of sp³-hybridized carbons (Fsp3) is 0.444. The zero-order valence-electron chi connectivity index (χ0n) is 13.8. The number of aryl methyl sites for hydroxylation is 1. The molecule has 2 aromatic rings. The minimum Gasteiger partial charge on any atom is -0.389 e. The summed E-state index contributed by atoms with van der Waals surface area (Å²) in [6.07, 6.45) is 1.73. The Morgan fingerprint density at radius 2 is 2.17 bits per heavy atom. The fourth-order valence-electron chi connectivity index (χ4n) is 2.43. The van der Waals surface area contributed by atoms with Crippen molar-refractivity contribution in [3.63, 3.8) is 0 Å². The lowest BCUT2D eigenvalue weighted by Gasteiger charge is -2.11. The molecule has 1 unspecified atom stereocenters. The third kappa shape index (κ3) is 4.43. The third-order valence-corrected chi connectivity index (χ3v) is 3.98. The van der Waals surface area contributed by atoms with E-state index in [1.807, 2.05) is 37.3 Å². The van der Waals surface area contributed by atoms with E-state index >= 15 is 0 Å². The predicted molar refractivity (Wildman–Crippen MR) is 90.2 cm³/mol. The molecule has 0 saturated heterocycles. The average Bonchev–Trinajstić information content (AvgIpc) is 3.33. The molecule has 24 heavy (non-hydrogen) atoms. The molecule has 1 aromatic carbocycles. The molecule has 1 aromatic heterocycles. The Bertz CT molecular complexity index is 680. The summed E-state index contributed by atoms with van der Waals surface area (Å²) in [4.78, 5) is 12.2. The molecule has 1 atom stereocenters. The number of carbonyl (C=O) groups is 1. The molecule has 1 aliphatic carbocycles. The van der Waals surface area contributed by atoms with Gasteiger partial charge in [-0.1, -0.05) is 18.2 Å². The summed E-state index contributed by atoms with van der Waals surface area (Å²) in [5.74, 6) is 0.366. The third-order valence-electron chi connectivity index (χ3n) is 3.98. The molecule has 1 aliphatic rings. The summed E-state index contributed by atoms with van der Waals surface area (Å²) in [7, 11) is 0. The van der Waals surface area contributed by atoms with Crippen LogP contribution >= 0.6 is 0 Å². The summed E-state index contributed by atoms with van der Waals surface area (Å²) in [5.41, 5.74) is 2.12. The van der Waals surface area contributed by atoms with Gasteiger partial charge in [0.25, 0.3) is 5.91 Å². The van der Waals surface area contributed by atoms with Gasteiger partial charge < -0.3 is 15.2 Å². The number of aliphatic hydroxyl groups is 1. The van der Waals surface area contributed by atoms with Crippen LogP contribution in [0.1, 0.15) is 29.0 Å². The molecule has 0 aliphatic heterocycles. The van der Waals surface area contributed by atoms with Gasteiger partial charge in [0.15, 0.2) is 5.69 Å². The Morgan fingerprint density at radius 1 is 1.42 bits per heavy atom. The number of hydrogen-bond donors (Lipinski definition) is 2. The van der Waals surface area contributed by atoms with Crippen molar-refractivity contribution in [3.05, 3.63) is 47.8 Å². The van der Waals surface area contributed by atoms with Crippen LogP contribution in [-0.4, -0.2) is 46.7 Å². The zero-order valence-corrected chi connectivity index (χ0v) is 13.8. The molecule has 0 spiro atoms. The second-order valence-corrected chi connectivity index (χ2v) is 6.26. The molecule has 6 heteroatoms. The first kappa shape index (κ1) is 16.7. The molecule has 1 amide bonds. The maximum atomic E-state index is 12.2. The molecule has 6 nitrogen and oxygen atoms in total. The van der Waals surface area contributed by atoms with E-state index in [0.717, 1.165) is 11.4 Å². The SMILES string of the molecule is Cc1cc(C(=O)NCC(O)COCC2CC2)nn1-c1ccccc1. The summed E-state index contributed by atoms with van der Waals surface area (Å²) in [6, 6.07) is 11.4. The van der Waals surface area contributed by atoms with Gasteiger partial charge in [-0.05, 0) is 43.9 Å². The van der Waals surface area contributed by atoms with Crippen molar-refractivity contribution in [1.82, 2.24) is 15.1 Å². The Morgan fingerprint density at radius 3 is 2.88 bits per heavy atom. The molecule has 1 heterocycles. The Kier molecular flexibility index (Phi) is 5.27. The van der Waals surface area contributed by atoms with Gasteiger partial charge in [0.05, 0.1) is 18.4 Å². The summed E-state index contributed by atoms with van der Waals surface area (Å²) in [6.45, 7) is 3.00. The number of carbonyl (C=O) groups excluding carboxylic acids is 1. The summed E-state index contributed by atoms with van der Waals surface area (Å²) >= 11 is 0. The Hall–Kier alpha value is -2.18. The largest absolute Gasteiger partial charge is 0.389 e. The van der Waals surface area contributed by atoms with E-state index in [1.165, 1.54) is 12.8 Å². The van der Waals surface area contributed by atoms with E-state index in [9.17, 15) is 9.90 Å². The highest BCUT2D eigenvalue weighted by atomic mass is 16.5. The quantitative estimate of drug-likeness (QED) is 0.773. The number of ether oxygens (including phenoxy) is 1. The van der Waals surface area contributed by atoms with E-state index in [0.29, 0.717) is 18.2 Å². The van der Waals surface area contributed by atoms with Gasteiger partial charge in [0.2, 0.25) is 0 Å². The fourth-order valence-corrected chi connectivity index (χ4v) is 2.43. The lowest BCUT2D eigenvalue weighted by Crippen LogP contribution is -2.35. The lowest BCUT2D eigenvalue weighted by molar-refractivity contribution is 0.0320. The minimum atomic E-state index is -0.704. The van der Waals surface area contributed by atoms with Gasteiger partial charge in [-0.3, -0.25) is 4.79 Å². The number of aliphatic hydroxyl groups excluding tert-OH is 1. The predicted octanol–water partition coefficient (Wildman–Crippen LogP) is 1.70. The van der Waals surface area contributed by atoms with Crippen LogP contribution in [0.25, 0.3) is 5.69 Å². The van der Waals surface area contributed by atoms with E-state index < -0.39 is 6.10 Å². The van der Waals surface area contributed by atoms with Crippen molar-refractivity contribution in [3.8, 4) is 5.69 Å². The van der Waals surface area contributed by atoms with E-state index in [4.69, 9.17) is 4.74 Å². The smallest absolute Gasteiger partial charge is 0.271 e. The first-order valence-electron chi connectivity index (χ1n) is 8.29. The highest BCUT2D eigenvalue weighted by Gasteiger charge is 2.21. The minimum absolute atomic E-state index is 0.154. The second-order valence-electron chi connectivity index (χ2n) is 6.26.